The van der Waals surface area contributed by atoms with E-state index in [9.17, 15) is 0 Å². The number of unbranched alkanes of at least 4 members (excludes halogenated alkanes) is 1. The molecule has 0 unspecified atom stereocenters. The molecule has 1 aromatic heterocycles. The van der Waals surface area contributed by atoms with Gasteiger partial charge in [0.25, 0.3) is 0 Å². The molecule has 15 heavy (non-hydrogen) atoms. The predicted octanol–water partition coefficient (Wildman–Crippen LogP) is 0.640. The topological polar surface area (TPSA) is 52.0 Å². The number of nitrogens with zero attached hydrogens (tertiary/aromatic N) is 3. The third kappa shape index (κ3) is 3.97. The van der Waals surface area contributed by atoms with Crippen LogP contribution in [0.15, 0.2) is 0 Å². The monoisotopic (exact) mass is 212 g/mol. The fraction of sp³-hybridized carbons (Fsp3) is 0.800. The van der Waals surface area contributed by atoms with Crippen molar-refractivity contribution in [2.24, 2.45) is 7.05 Å². The van der Waals surface area contributed by atoms with Crippen molar-refractivity contribution < 1.29 is 4.74 Å². The second-order valence-electron chi connectivity index (χ2n) is 3.60. The van der Waals surface area contributed by atoms with Gasteiger partial charge in [-0.3, -0.25) is 0 Å². The summed E-state index contributed by atoms with van der Waals surface area (Å²) < 4.78 is 6.98. The fourth-order valence-corrected chi connectivity index (χ4v) is 1.30. The highest BCUT2D eigenvalue weighted by Crippen LogP contribution is 1.96. The fourth-order valence-electron chi connectivity index (χ4n) is 1.30. The Kier molecular flexibility index (Phi) is 5.28. The zero-order valence-electron chi connectivity index (χ0n) is 9.79. The van der Waals surface area contributed by atoms with Crippen LogP contribution in [0.1, 0.15) is 24.5 Å². The van der Waals surface area contributed by atoms with Gasteiger partial charge in [-0.15, -0.1) is 10.2 Å². The Morgan fingerprint density at radius 1 is 1.33 bits per heavy atom. The molecule has 86 valence electrons. The van der Waals surface area contributed by atoms with Crippen molar-refractivity contribution in [1.82, 2.24) is 20.1 Å². The van der Waals surface area contributed by atoms with E-state index < -0.39 is 0 Å². The quantitative estimate of drug-likeness (QED) is 0.674. The molecule has 0 aromatic carbocycles. The van der Waals surface area contributed by atoms with Crippen molar-refractivity contribution in [3.63, 3.8) is 0 Å². The van der Waals surface area contributed by atoms with Gasteiger partial charge in [-0.2, -0.15) is 0 Å². The van der Waals surface area contributed by atoms with Gasteiger partial charge in [0.2, 0.25) is 0 Å². The van der Waals surface area contributed by atoms with Crippen molar-refractivity contribution >= 4 is 0 Å². The average molecular weight is 212 g/mol. The van der Waals surface area contributed by atoms with Crippen molar-refractivity contribution in [3.8, 4) is 0 Å². The second kappa shape index (κ2) is 6.53. The zero-order valence-corrected chi connectivity index (χ0v) is 9.79. The maximum absolute atomic E-state index is 4.97. The third-order valence-electron chi connectivity index (χ3n) is 2.42. The highest BCUT2D eigenvalue weighted by atomic mass is 16.5. The lowest BCUT2D eigenvalue weighted by molar-refractivity contribution is 0.192. The first-order chi connectivity index (χ1) is 7.25. The first-order valence-electron chi connectivity index (χ1n) is 5.30. The molecule has 0 radical (unpaired) electrons. The first kappa shape index (κ1) is 12.1. The Morgan fingerprint density at radius 3 is 2.73 bits per heavy atom. The largest absolute Gasteiger partial charge is 0.385 e. The van der Waals surface area contributed by atoms with Gasteiger partial charge >= 0.3 is 0 Å². The molecule has 0 aliphatic heterocycles. The molecule has 5 heteroatoms. The van der Waals surface area contributed by atoms with Gasteiger partial charge < -0.3 is 14.6 Å². The molecule has 0 saturated carbocycles. The number of aryl methyl sites for hydroxylation is 1. The van der Waals surface area contributed by atoms with Gasteiger partial charge in [-0.05, 0) is 26.3 Å². The summed E-state index contributed by atoms with van der Waals surface area (Å²) in [6, 6.07) is 0. The van der Waals surface area contributed by atoms with Gasteiger partial charge in [0.15, 0.2) is 0 Å². The van der Waals surface area contributed by atoms with Crippen molar-refractivity contribution in [3.05, 3.63) is 11.6 Å². The number of aromatic nitrogens is 3. The predicted molar refractivity (Wildman–Crippen MR) is 58.6 cm³/mol. The van der Waals surface area contributed by atoms with E-state index in [1.165, 1.54) is 0 Å². The van der Waals surface area contributed by atoms with Gasteiger partial charge in [-0.25, -0.2) is 0 Å². The van der Waals surface area contributed by atoms with Crippen LogP contribution in [0.3, 0.4) is 0 Å². The van der Waals surface area contributed by atoms with E-state index in [2.05, 4.69) is 15.5 Å². The summed E-state index contributed by atoms with van der Waals surface area (Å²) in [6.07, 6.45) is 2.23. The molecule has 5 nitrogen and oxygen atoms in total. The summed E-state index contributed by atoms with van der Waals surface area (Å²) >= 11 is 0. The molecule has 0 aliphatic rings. The Bertz CT molecular complexity index is 285. The molecule has 0 saturated heterocycles. The van der Waals surface area contributed by atoms with E-state index in [1.54, 1.807) is 7.11 Å². The summed E-state index contributed by atoms with van der Waals surface area (Å²) in [5, 5.41) is 11.4. The minimum atomic E-state index is 0.782. The maximum atomic E-state index is 4.97. The molecule has 1 N–H and O–H groups in total. The van der Waals surface area contributed by atoms with Crippen LogP contribution in [0.4, 0.5) is 0 Å². The molecule has 0 amide bonds. The maximum Gasteiger partial charge on any atom is 0.146 e. The summed E-state index contributed by atoms with van der Waals surface area (Å²) in [6.45, 7) is 4.57. The van der Waals surface area contributed by atoms with Crippen molar-refractivity contribution in [1.29, 1.82) is 0 Å². The van der Waals surface area contributed by atoms with Gasteiger partial charge in [0, 0.05) is 20.8 Å². The lowest BCUT2D eigenvalue weighted by Gasteiger charge is -2.04. The number of hydrogen-bond donors (Lipinski definition) is 1. The van der Waals surface area contributed by atoms with E-state index >= 15 is 0 Å². The standard InChI is InChI=1S/C10H20N4O/c1-9-12-13-10(14(9)2)8-11-6-4-5-7-15-3/h11H,4-8H2,1-3H3. The Morgan fingerprint density at radius 2 is 2.13 bits per heavy atom. The normalized spacial score (nSPS) is 10.9. The Hall–Kier alpha value is -0.940. The number of nitrogens with one attached hydrogen (secondary N) is 1. The zero-order chi connectivity index (χ0) is 11.1. The molecular weight excluding hydrogens is 192 g/mol. The summed E-state index contributed by atoms with van der Waals surface area (Å²) in [7, 11) is 3.72. The lowest BCUT2D eigenvalue weighted by atomic mass is 10.3. The average Bonchev–Trinajstić information content (AvgIpc) is 2.54. The molecule has 1 aromatic rings. The van der Waals surface area contributed by atoms with E-state index in [-0.39, 0.29) is 0 Å². The van der Waals surface area contributed by atoms with Crippen LogP contribution in [-0.4, -0.2) is 35.0 Å². The number of hydrogen-bond acceptors (Lipinski definition) is 4. The lowest BCUT2D eigenvalue weighted by Crippen LogP contribution is -2.18. The van der Waals surface area contributed by atoms with Crippen molar-refractivity contribution in [2.45, 2.75) is 26.3 Å². The van der Waals surface area contributed by atoms with Crippen LogP contribution in [0.5, 0.6) is 0 Å². The highest BCUT2D eigenvalue weighted by Gasteiger charge is 2.02. The molecule has 1 rings (SSSR count). The van der Waals surface area contributed by atoms with Gasteiger partial charge in [0.05, 0.1) is 6.54 Å². The Labute approximate surface area is 90.8 Å². The van der Waals surface area contributed by atoms with Crippen molar-refractivity contribution in [2.75, 3.05) is 20.3 Å². The van der Waals surface area contributed by atoms with Crippen LogP contribution < -0.4 is 5.32 Å². The van der Waals surface area contributed by atoms with Crippen LogP contribution >= 0.6 is 0 Å². The molecule has 0 fully saturated rings. The molecule has 0 bridgehead atoms. The molecular formula is C10H20N4O. The van der Waals surface area contributed by atoms with Gasteiger partial charge in [0.1, 0.15) is 11.6 Å². The van der Waals surface area contributed by atoms with Gasteiger partial charge in [-0.1, -0.05) is 0 Å². The SMILES string of the molecule is COCCCCNCc1nnc(C)n1C. The van der Waals surface area contributed by atoms with Crippen LogP contribution in [-0.2, 0) is 18.3 Å². The van der Waals surface area contributed by atoms with E-state index in [0.717, 1.165) is 44.2 Å². The first-order valence-corrected chi connectivity index (χ1v) is 5.30. The third-order valence-corrected chi connectivity index (χ3v) is 2.42. The molecule has 0 spiro atoms. The molecule has 0 atom stereocenters. The number of methoxy groups -OCH3 is 1. The number of ether oxygens (including phenoxy) is 1. The van der Waals surface area contributed by atoms with E-state index in [4.69, 9.17) is 4.74 Å². The summed E-state index contributed by atoms with van der Waals surface area (Å²) in [5.41, 5.74) is 0. The minimum Gasteiger partial charge on any atom is -0.385 e. The summed E-state index contributed by atoms with van der Waals surface area (Å²) in [5.74, 6) is 1.94. The van der Waals surface area contributed by atoms with E-state index in [1.807, 2.05) is 18.5 Å². The van der Waals surface area contributed by atoms with Crippen LogP contribution in [0.2, 0.25) is 0 Å². The second-order valence-corrected chi connectivity index (χ2v) is 3.60. The summed E-state index contributed by atoms with van der Waals surface area (Å²) in [4.78, 5) is 0. The smallest absolute Gasteiger partial charge is 0.146 e. The highest BCUT2D eigenvalue weighted by molar-refractivity contribution is 4.91. The molecule has 1 heterocycles. The van der Waals surface area contributed by atoms with Crippen LogP contribution in [0, 0.1) is 6.92 Å². The Balaban J connectivity index is 2.12. The minimum absolute atomic E-state index is 0.782. The van der Waals surface area contributed by atoms with E-state index in [0.29, 0.717) is 0 Å². The molecule has 0 aliphatic carbocycles. The van der Waals surface area contributed by atoms with Crippen LogP contribution in [0.25, 0.3) is 0 Å². The number of rotatable bonds is 7.